The molecule has 2 atom stereocenters. The first kappa shape index (κ1) is 60.7. The maximum Gasteiger partial charge on any atom is 0.306 e. The molecule has 1 rings (SSSR count). The first-order valence-electron chi connectivity index (χ1n) is 26.8. The van der Waals surface area contributed by atoms with Gasteiger partial charge in [0.15, 0.2) is 0 Å². The largest absolute Gasteiger partial charge is 0.493 e. The number of carbonyl (C=O) groups is 4. The van der Waals surface area contributed by atoms with E-state index in [2.05, 4.69) is 44.7 Å². The number of esters is 4. The van der Waals surface area contributed by atoms with Gasteiger partial charge in [-0.05, 0) is 109 Å². The van der Waals surface area contributed by atoms with Gasteiger partial charge in [-0.25, -0.2) is 0 Å². The number of ether oxygens (including phenoxy) is 6. The summed E-state index contributed by atoms with van der Waals surface area (Å²) in [5.74, 6) is 0.681. The molecular formula is C55H97NO10. The van der Waals surface area contributed by atoms with E-state index in [0.717, 1.165) is 165 Å². The first-order valence-corrected chi connectivity index (χ1v) is 26.8. The molecule has 0 heterocycles. The summed E-state index contributed by atoms with van der Waals surface area (Å²) < 4.78 is 35.3. The van der Waals surface area contributed by atoms with Crippen molar-refractivity contribution in [2.24, 2.45) is 0 Å². The third-order valence-corrected chi connectivity index (χ3v) is 11.7. The van der Waals surface area contributed by atoms with Crippen LogP contribution < -0.4 is 9.47 Å². The molecule has 0 amide bonds. The van der Waals surface area contributed by atoms with E-state index in [0.29, 0.717) is 51.7 Å². The molecule has 66 heavy (non-hydrogen) atoms. The molecule has 0 bridgehead atoms. The molecule has 11 heteroatoms. The van der Waals surface area contributed by atoms with Crippen molar-refractivity contribution in [3.8, 4) is 11.5 Å². The fourth-order valence-electron chi connectivity index (χ4n) is 7.79. The quantitative estimate of drug-likeness (QED) is 0.0352. The SMILES string of the molecule is CCCCCCCC(=O)OCC(CCCCCOc1cc(CN(C)C)cc(OCCCCCC(COC(=O)CCCCCCC)OC(=O)CCCCCCC)c1)OC(=O)CCCCCCC. The lowest BCUT2D eigenvalue weighted by atomic mass is 10.1. The third-order valence-electron chi connectivity index (χ3n) is 11.7. The number of benzene rings is 1. The van der Waals surface area contributed by atoms with Gasteiger partial charge in [-0.1, -0.05) is 130 Å². The Balaban J connectivity index is 2.65. The van der Waals surface area contributed by atoms with Crippen molar-refractivity contribution in [2.75, 3.05) is 40.5 Å². The minimum Gasteiger partial charge on any atom is -0.493 e. The molecule has 0 saturated carbocycles. The number of hydrogen-bond acceptors (Lipinski definition) is 11. The number of hydrogen-bond donors (Lipinski definition) is 0. The van der Waals surface area contributed by atoms with Crippen molar-refractivity contribution in [1.82, 2.24) is 4.90 Å². The van der Waals surface area contributed by atoms with Crippen LogP contribution in [0.15, 0.2) is 18.2 Å². The van der Waals surface area contributed by atoms with Crippen LogP contribution >= 0.6 is 0 Å². The Bertz CT molecular complexity index is 1260. The summed E-state index contributed by atoms with van der Waals surface area (Å²) >= 11 is 0. The second-order valence-corrected chi connectivity index (χ2v) is 18.7. The van der Waals surface area contributed by atoms with Gasteiger partial charge in [0.25, 0.3) is 0 Å². The van der Waals surface area contributed by atoms with E-state index in [-0.39, 0.29) is 37.1 Å². The molecule has 1 aromatic carbocycles. The highest BCUT2D eigenvalue weighted by molar-refractivity contribution is 5.71. The second kappa shape index (κ2) is 43.0. The van der Waals surface area contributed by atoms with Gasteiger partial charge < -0.3 is 33.3 Å². The Labute approximate surface area is 402 Å². The molecule has 382 valence electrons. The Morgan fingerprint density at radius 3 is 1.11 bits per heavy atom. The van der Waals surface area contributed by atoms with Crippen LogP contribution in [0.1, 0.15) is 239 Å². The van der Waals surface area contributed by atoms with Crippen LogP contribution in [0.25, 0.3) is 0 Å². The van der Waals surface area contributed by atoms with E-state index in [1.165, 1.54) is 25.7 Å². The monoisotopic (exact) mass is 932 g/mol. The first-order chi connectivity index (χ1) is 32.1. The van der Waals surface area contributed by atoms with Crippen molar-refractivity contribution < 1.29 is 47.6 Å². The van der Waals surface area contributed by atoms with Gasteiger partial charge in [-0.3, -0.25) is 19.2 Å². The highest BCUT2D eigenvalue weighted by atomic mass is 16.6. The van der Waals surface area contributed by atoms with Crippen LogP contribution in [0.2, 0.25) is 0 Å². The van der Waals surface area contributed by atoms with Gasteiger partial charge in [0, 0.05) is 38.3 Å². The second-order valence-electron chi connectivity index (χ2n) is 18.7. The van der Waals surface area contributed by atoms with Crippen LogP contribution in [0, 0.1) is 0 Å². The van der Waals surface area contributed by atoms with E-state index in [9.17, 15) is 19.2 Å². The maximum atomic E-state index is 12.7. The van der Waals surface area contributed by atoms with Crippen molar-refractivity contribution in [2.45, 2.75) is 252 Å². The molecule has 11 nitrogen and oxygen atoms in total. The Hall–Kier alpha value is -3.34. The number of rotatable bonds is 46. The fourth-order valence-corrected chi connectivity index (χ4v) is 7.79. The van der Waals surface area contributed by atoms with Crippen molar-refractivity contribution in [3.05, 3.63) is 23.8 Å². The average Bonchev–Trinajstić information content (AvgIpc) is 3.28. The van der Waals surface area contributed by atoms with Crippen LogP contribution in [-0.2, 0) is 44.7 Å². The van der Waals surface area contributed by atoms with Crippen LogP contribution in [0.5, 0.6) is 11.5 Å². The van der Waals surface area contributed by atoms with Gasteiger partial charge in [0.05, 0.1) is 13.2 Å². The average molecular weight is 932 g/mol. The summed E-state index contributed by atoms with van der Waals surface area (Å²) in [7, 11) is 4.07. The molecule has 2 unspecified atom stereocenters. The summed E-state index contributed by atoms with van der Waals surface area (Å²) in [6.45, 7) is 10.8. The predicted octanol–water partition coefficient (Wildman–Crippen LogP) is 14.0. The van der Waals surface area contributed by atoms with Crippen LogP contribution in [-0.4, -0.2) is 81.5 Å². The number of nitrogens with zero attached hydrogens (tertiary/aromatic N) is 1. The molecule has 0 radical (unpaired) electrons. The van der Waals surface area contributed by atoms with Gasteiger partial charge in [-0.2, -0.15) is 0 Å². The molecule has 0 spiro atoms. The minimum absolute atomic E-state index is 0.110. The van der Waals surface area contributed by atoms with Crippen LogP contribution in [0.3, 0.4) is 0 Å². The molecule has 1 aromatic rings. The van der Waals surface area contributed by atoms with Crippen LogP contribution in [0.4, 0.5) is 0 Å². The summed E-state index contributed by atoms with van der Waals surface area (Å²) in [5.41, 5.74) is 1.10. The summed E-state index contributed by atoms with van der Waals surface area (Å²) in [6, 6.07) is 6.08. The zero-order chi connectivity index (χ0) is 48.3. The topological polar surface area (TPSA) is 127 Å². The lowest BCUT2D eigenvalue weighted by molar-refractivity contribution is -0.159. The van der Waals surface area contributed by atoms with Gasteiger partial charge in [0.1, 0.15) is 36.9 Å². The molecular weight excluding hydrogens is 835 g/mol. The number of unbranched alkanes of at least 4 members (excludes halogenated alkanes) is 20. The lowest BCUT2D eigenvalue weighted by Crippen LogP contribution is -2.25. The van der Waals surface area contributed by atoms with E-state index in [1.807, 2.05) is 20.2 Å². The summed E-state index contributed by atoms with van der Waals surface area (Å²) in [6.07, 6.45) is 28.4. The normalized spacial score (nSPS) is 12.2. The van der Waals surface area contributed by atoms with E-state index >= 15 is 0 Å². The smallest absolute Gasteiger partial charge is 0.306 e. The third kappa shape index (κ3) is 36.7. The molecule has 0 N–H and O–H groups in total. The fraction of sp³-hybridized carbons (Fsp3) is 0.818. The summed E-state index contributed by atoms with van der Waals surface area (Å²) in [4.78, 5) is 52.4. The number of carbonyl (C=O) groups excluding carboxylic acids is 4. The van der Waals surface area contributed by atoms with Crippen molar-refractivity contribution >= 4 is 23.9 Å². The van der Waals surface area contributed by atoms with Gasteiger partial charge in [0.2, 0.25) is 0 Å². The van der Waals surface area contributed by atoms with Gasteiger partial charge in [-0.15, -0.1) is 0 Å². The van der Waals surface area contributed by atoms with Gasteiger partial charge >= 0.3 is 23.9 Å². The molecule has 0 aliphatic carbocycles. The highest BCUT2D eigenvalue weighted by Gasteiger charge is 2.19. The zero-order valence-electron chi connectivity index (χ0n) is 43.1. The minimum atomic E-state index is -0.436. The molecule has 0 aliphatic rings. The Morgan fingerprint density at radius 2 is 0.758 bits per heavy atom. The molecule has 0 saturated heterocycles. The highest BCUT2D eigenvalue weighted by Crippen LogP contribution is 2.25. The van der Waals surface area contributed by atoms with E-state index in [4.69, 9.17) is 28.4 Å². The molecule has 0 aliphatic heterocycles. The maximum absolute atomic E-state index is 12.7. The van der Waals surface area contributed by atoms with E-state index < -0.39 is 12.2 Å². The Kier molecular flexibility index (Phi) is 39.5. The Morgan fingerprint density at radius 1 is 0.424 bits per heavy atom. The van der Waals surface area contributed by atoms with Crippen molar-refractivity contribution in [1.29, 1.82) is 0 Å². The lowest BCUT2D eigenvalue weighted by Gasteiger charge is -2.18. The summed E-state index contributed by atoms with van der Waals surface area (Å²) in [5, 5.41) is 0. The predicted molar refractivity (Wildman–Crippen MR) is 267 cm³/mol. The molecule has 0 fully saturated rings. The zero-order valence-corrected chi connectivity index (χ0v) is 43.1. The van der Waals surface area contributed by atoms with E-state index in [1.54, 1.807) is 0 Å². The standard InChI is InChI=1S/C55H97NO10/c1-7-11-15-19-27-35-52(57)63-45-48(65-54(59)37-29-21-17-13-9-3)33-25-23-31-39-61-50-41-47(44-56(5)6)42-51(43-50)62-40-32-24-26-34-49(66-55(60)38-30-22-18-14-10-4)46-64-53(58)36-28-20-16-12-8-2/h41-43,48-49H,7-40,44-46H2,1-6H3. The molecule has 0 aromatic heterocycles. The van der Waals surface area contributed by atoms with Crippen molar-refractivity contribution in [3.63, 3.8) is 0 Å².